The van der Waals surface area contributed by atoms with Crippen LogP contribution in [0, 0.1) is 0 Å². The summed E-state index contributed by atoms with van der Waals surface area (Å²) in [5, 5.41) is 3.35. The van der Waals surface area contributed by atoms with E-state index in [1.807, 2.05) is 60.9 Å². The van der Waals surface area contributed by atoms with E-state index >= 15 is 0 Å². The molecule has 8 aromatic rings. The van der Waals surface area contributed by atoms with Crippen LogP contribution in [0.4, 0.5) is 11.6 Å². The van der Waals surface area contributed by atoms with Crippen LogP contribution in [-0.2, 0) is 19.5 Å². The van der Waals surface area contributed by atoms with Crippen LogP contribution in [0.2, 0.25) is 0 Å². The largest absolute Gasteiger partial charge is 2.00 e. The topological polar surface area (TPSA) is 78.7 Å². The van der Waals surface area contributed by atoms with Gasteiger partial charge in [-0.15, -0.1) is 0 Å². The molecule has 0 fully saturated rings. The number of pyridine rings is 4. The van der Waals surface area contributed by atoms with E-state index < -0.39 is 0 Å². The van der Waals surface area contributed by atoms with Crippen molar-refractivity contribution in [3.63, 3.8) is 0 Å². The summed E-state index contributed by atoms with van der Waals surface area (Å²) < 4.78 is 0. The number of benzene rings is 4. The summed E-state index contributed by atoms with van der Waals surface area (Å²) in [6.07, 6.45) is 5.47. The molecule has 0 aliphatic rings. The fraction of sp³-hybridized carbons (Fsp3) is 0.231. The molecule has 292 valence electrons. The molecule has 0 unspecified atom stereocenters. The van der Waals surface area contributed by atoms with E-state index in [0.717, 1.165) is 32.8 Å². The second-order valence-electron chi connectivity index (χ2n) is 16.0. The fourth-order valence-electron chi connectivity index (χ4n) is 7.66. The van der Waals surface area contributed by atoms with Crippen molar-refractivity contribution in [2.24, 2.45) is 9.98 Å². The Bertz CT molecular complexity index is 2760. The zero-order chi connectivity index (χ0) is 40.8. The SMILES string of the molecule is CC(C)c1cccc(C(C)C)c1-c1ccnc(N=c2cc(-c3c(C(C)C)cccc3C(C)C)cc[n-]2)c1.[Zn+2].c1ccc(=Nc2nc3ccccc3c3ccccc23)[n-]c1. The van der Waals surface area contributed by atoms with Crippen LogP contribution >= 0.6 is 0 Å². The van der Waals surface area contributed by atoms with Crippen LogP contribution < -0.4 is 20.9 Å². The Morgan fingerprint density at radius 1 is 0.458 bits per heavy atom. The summed E-state index contributed by atoms with van der Waals surface area (Å²) in [4.78, 5) is 27.6. The Morgan fingerprint density at radius 3 is 1.56 bits per heavy atom. The van der Waals surface area contributed by atoms with Crippen molar-refractivity contribution in [1.82, 2.24) is 19.9 Å². The molecule has 0 radical (unpaired) electrons. The molecular weight excluding hydrogens is 774 g/mol. The molecule has 4 aromatic carbocycles. The first-order valence-corrected chi connectivity index (χ1v) is 20.4. The molecule has 0 aliphatic heterocycles. The van der Waals surface area contributed by atoms with Crippen molar-refractivity contribution in [2.45, 2.75) is 79.1 Å². The third kappa shape index (κ3) is 9.75. The van der Waals surface area contributed by atoms with Crippen LogP contribution in [0.25, 0.3) is 43.9 Å². The molecule has 0 N–H and O–H groups in total. The summed E-state index contributed by atoms with van der Waals surface area (Å²) in [5.41, 5.74) is 12.7. The summed E-state index contributed by atoms with van der Waals surface area (Å²) in [6, 6.07) is 43.8. The van der Waals surface area contributed by atoms with Gasteiger partial charge in [0.2, 0.25) is 0 Å². The van der Waals surface area contributed by atoms with Crippen molar-refractivity contribution in [3.05, 3.63) is 179 Å². The Hall–Kier alpha value is -5.78. The molecular formula is C52H52N6Zn. The minimum Gasteiger partial charge on any atom is -0.443 e. The van der Waals surface area contributed by atoms with Crippen molar-refractivity contribution in [3.8, 4) is 22.3 Å². The number of para-hydroxylation sites is 1. The predicted molar refractivity (Wildman–Crippen MR) is 241 cm³/mol. The smallest absolute Gasteiger partial charge is 0.443 e. The third-order valence-electron chi connectivity index (χ3n) is 10.5. The molecule has 6 nitrogen and oxygen atoms in total. The number of fused-ring (bicyclic) bond motifs is 3. The molecule has 4 heterocycles. The van der Waals surface area contributed by atoms with Gasteiger partial charge in [-0.05, 0) is 91.8 Å². The van der Waals surface area contributed by atoms with Gasteiger partial charge in [0.15, 0.2) is 0 Å². The number of rotatable bonds is 8. The number of aromatic nitrogens is 4. The van der Waals surface area contributed by atoms with Gasteiger partial charge in [-0.1, -0.05) is 188 Å². The van der Waals surface area contributed by atoms with Gasteiger partial charge in [0.25, 0.3) is 0 Å². The van der Waals surface area contributed by atoms with Gasteiger partial charge in [0.1, 0.15) is 0 Å². The van der Waals surface area contributed by atoms with Gasteiger partial charge >= 0.3 is 19.5 Å². The van der Waals surface area contributed by atoms with Crippen molar-refractivity contribution < 1.29 is 19.5 Å². The maximum Gasteiger partial charge on any atom is 2.00 e. The van der Waals surface area contributed by atoms with Crippen LogP contribution in [-0.4, -0.2) is 9.97 Å². The molecule has 0 saturated heterocycles. The van der Waals surface area contributed by atoms with E-state index in [-0.39, 0.29) is 19.5 Å². The standard InChI is InChI=1S/C34H40N3.C18H12N3.Zn/c1-21(2)27-11-9-12-28(22(3)4)33(27)25-15-17-35-31(19-25)37-32-20-26(16-18-36-32)34-29(23(5)6)13-10-14-30(34)24(7)8;1-2-9-15-13(7-1)14-8-3-4-10-16(14)20-18(15)21-17-11-5-6-12-19-17;/h9-24H,1-8H3;1-12H;/q2*-1;+2. The quantitative estimate of drug-likeness (QED) is 0.113. The zero-order valence-corrected chi connectivity index (χ0v) is 38.5. The van der Waals surface area contributed by atoms with Gasteiger partial charge < -0.3 is 20.0 Å². The first-order valence-electron chi connectivity index (χ1n) is 20.4. The molecule has 0 amide bonds. The Labute approximate surface area is 361 Å². The first kappa shape index (κ1) is 42.8. The Morgan fingerprint density at radius 2 is 0.983 bits per heavy atom. The number of hydrogen-bond donors (Lipinski definition) is 0. The fourth-order valence-corrected chi connectivity index (χ4v) is 7.66. The average Bonchev–Trinajstić information content (AvgIpc) is 3.24. The van der Waals surface area contributed by atoms with E-state index in [1.165, 1.54) is 33.4 Å². The summed E-state index contributed by atoms with van der Waals surface area (Å²) in [5.74, 6) is 3.10. The average molecular weight is 826 g/mol. The van der Waals surface area contributed by atoms with Gasteiger partial charge in [-0.3, -0.25) is 9.97 Å². The minimum atomic E-state index is 0. The van der Waals surface area contributed by atoms with Crippen molar-refractivity contribution >= 4 is 33.3 Å². The monoisotopic (exact) mass is 824 g/mol. The molecule has 4 aromatic heterocycles. The van der Waals surface area contributed by atoms with E-state index in [0.29, 0.717) is 46.3 Å². The Balaban J connectivity index is 0.000000224. The second-order valence-corrected chi connectivity index (χ2v) is 16.0. The Kier molecular flexibility index (Phi) is 14.0. The third-order valence-corrected chi connectivity index (χ3v) is 10.5. The predicted octanol–water partition coefficient (Wildman–Crippen LogP) is 12.7. The summed E-state index contributed by atoms with van der Waals surface area (Å²) in [7, 11) is 0. The van der Waals surface area contributed by atoms with E-state index in [1.54, 1.807) is 6.20 Å². The van der Waals surface area contributed by atoms with E-state index in [2.05, 4.69) is 154 Å². The van der Waals surface area contributed by atoms with Gasteiger partial charge in [-0.25, -0.2) is 0 Å². The summed E-state index contributed by atoms with van der Waals surface area (Å²) in [6.45, 7) is 18.0. The maximum absolute atomic E-state index is 4.89. The van der Waals surface area contributed by atoms with E-state index in [4.69, 9.17) is 9.98 Å². The van der Waals surface area contributed by atoms with Gasteiger partial charge in [0.05, 0.1) is 17.2 Å². The maximum atomic E-state index is 4.89. The second kappa shape index (κ2) is 19.3. The minimum absolute atomic E-state index is 0. The van der Waals surface area contributed by atoms with Crippen LogP contribution in [0.5, 0.6) is 0 Å². The van der Waals surface area contributed by atoms with Gasteiger partial charge in [0, 0.05) is 17.0 Å². The molecule has 0 aliphatic carbocycles. The number of nitrogens with zero attached hydrogens (tertiary/aromatic N) is 6. The normalized spacial score (nSPS) is 12.1. The number of hydrogen-bond acceptors (Lipinski definition) is 4. The molecule has 8 rings (SSSR count). The van der Waals surface area contributed by atoms with Crippen LogP contribution in [0.1, 0.15) is 101 Å². The van der Waals surface area contributed by atoms with Gasteiger partial charge in [-0.2, -0.15) is 0 Å². The zero-order valence-electron chi connectivity index (χ0n) is 35.6. The first-order chi connectivity index (χ1) is 28.1. The van der Waals surface area contributed by atoms with Crippen molar-refractivity contribution in [1.29, 1.82) is 0 Å². The molecule has 0 bridgehead atoms. The summed E-state index contributed by atoms with van der Waals surface area (Å²) >= 11 is 0. The van der Waals surface area contributed by atoms with Crippen LogP contribution in [0.15, 0.2) is 156 Å². The molecule has 0 spiro atoms. The van der Waals surface area contributed by atoms with E-state index in [9.17, 15) is 0 Å². The molecule has 0 saturated carbocycles. The van der Waals surface area contributed by atoms with Crippen molar-refractivity contribution in [2.75, 3.05) is 0 Å². The van der Waals surface area contributed by atoms with Crippen LogP contribution in [0.3, 0.4) is 0 Å². The molecule has 7 heteroatoms. The molecule has 59 heavy (non-hydrogen) atoms. The molecule has 0 atom stereocenters.